The van der Waals surface area contributed by atoms with Crippen molar-refractivity contribution < 1.29 is 53.4 Å². The molecule has 0 heterocycles. The lowest BCUT2D eigenvalue weighted by atomic mass is 9.29. The molecule has 14 heteroatoms. The Morgan fingerprint density at radius 1 is 0.533 bits per heavy atom. The summed E-state index contributed by atoms with van der Waals surface area (Å²) in [6, 6.07) is 0. The van der Waals surface area contributed by atoms with Gasteiger partial charge in [0.25, 0.3) is 0 Å². The zero-order valence-corrected chi connectivity index (χ0v) is 28.1. The van der Waals surface area contributed by atoms with Gasteiger partial charge in [-0.25, -0.2) is 48.7 Å². The monoisotopic (exact) mass is 676 g/mol. The number of unbranched alkanes of at least 4 members (excludes halogenated alkanes) is 3. The highest BCUT2D eigenvalue weighted by Gasteiger charge is 2.71. The van der Waals surface area contributed by atoms with Crippen LogP contribution in [0.4, 0.5) is 48.7 Å². The Bertz CT molecular complexity index is 1300. The molecule has 0 N–H and O–H groups in total. The van der Waals surface area contributed by atoms with Crippen molar-refractivity contribution in [2.45, 2.75) is 117 Å². The van der Waals surface area contributed by atoms with E-state index in [2.05, 4.69) is 0 Å². The second-order valence-electron chi connectivity index (χ2n) is 14.3. The molecule has 45 heavy (non-hydrogen) atoms. The lowest BCUT2D eigenvalue weighted by Crippen LogP contribution is -2.67. The molecule has 0 saturated heterocycles. The first-order valence-electron chi connectivity index (χ1n) is 14.6. The fourth-order valence-corrected chi connectivity index (χ4v) is 15.6. The van der Waals surface area contributed by atoms with Crippen molar-refractivity contribution in [3.63, 3.8) is 0 Å². The number of benzene rings is 2. The highest BCUT2D eigenvalue weighted by Crippen LogP contribution is 2.84. The summed E-state index contributed by atoms with van der Waals surface area (Å²) in [5.41, 5.74) is -5.23. The molecule has 0 amide bonds. The summed E-state index contributed by atoms with van der Waals surface area (Å²) in [7, 11) is -3.51. The molecular formula is C31H40BF10O2P. The lowest BCUT2D eigenvalue weighted by molar-refractivity contribution is 0.221. The third kappa shape index (κ3) is 6.23. The van der Waals surface area contributed by atoms with Gasteiger partial charge in [0.05, 0.1) is 15.5 Å². The summed E-state index contributed by atoms with van der Waals surface area (Å²) < 4.78 is 157. The molecule has 0 aliphatic carbocycles. The van der Waals surface area contributed by atoms with Crippen LogP contribution in [0.1, 0.15) is 94.9 Å². The van der Waals surface area contributed by atoms with Crippen molar-refractivity contribution in [2.24, 2.45) is 0 Å². The third-order valence-electron chi connectivity index (χ3n) is 8.48. The highest BCUT2D eigenvalue weighted by molar-refractivity contribution is 7.94. The van der Waals surface area contributed by atoms with Crippen LogP contribution < -0.4 is 10.9 Å². The van der Waals surface area contributed by atoms with Crippen LogP contribution in [0.25, 0.3) is 0 Å². The van der Waals surface area contributed by atoms with Gasteiger partial charge in [0.1, 0.15) is 30.5 Å². The summed E-state index contributed by atoms with van der Waals surface area (Å²) in [5, 5.41) is -3.09. The molecule has 0 radical (unpaired) electrons. The van der Waals surface area contributed by atoms with Crippen LogP contribution >= 0.6 is 7.26 Å². The van der Waals surface area contributed by atoms with Gasteiger partial charge in [-0.15, -0.1) is 6.32 Å². The Morgan fingerprint density at radius 3 is 1.09 bits per heavy atom. The maximum absolute atomic E-state index is 15.8. The predicted octanol–water partition coefficient (Wildman–Crippen LogP) is 10.3. The average molecular weight is 676 g/mol. The number of rotatable bonds is 9. The second-order valence-corrected chi connectivity index (χ2v) is 20.1. The fourth-order valence-electron chi connectivity index (χ4n) is 7.62. The van der Waals surface area contributed by atoms with E-state index in [9.17, 15) is 31.1 Å². The molecule has 2 nitrogen and oxygen atoms in total. The Labute approximate surface area is 258 Å². The van der Waals surface area contributed by atoms with Crippen LogP contribution in [-0.2, 0) is 4.65 Å². The Morgan fingerprint density at radius 2 is 0.822 bits per heavy atom. The van der Waals surface area contributed by atoms with Crippen molar-refractivity contribution >= 4 is 30.2 Å². The van der Waals surface area contributed by atoms with Crippen LogP contribution in [0.3, 0.4) is 0 Å². The molecule has 0 aliphatic heterocycles. The van der Waals surface area contributed by atoms with Gasteiger partial charge in [0, 0.05) is 0 Å². The SMILES string of the molecule is CCCCCC[B-](OC(=O)[P+](C(C)(C)C)(C(C)(C)C)C(C)(C)C)(c1c(F)c(F)c(F)c(F)c1F)c1c(F)c(F)c(F)c(F)c1F. The minimum absolute atomic E-state index is 0.125. The van der Waals surface area contributed by atoms with Crippen LogP contribution in [0.15, 0.2) is 0 Å². The Balaban J connectivity index is 3.36. The van der Waals surface area contributed by atoms with Gasteiger partial charge in [-0.05, 0) is 62.3 Å². The van der Waals surface area contributed by atoms with Gasteiger partial charge in [-0.3, -0.25) is 0 Å². The van der Waals surface area contributed by atoms with Gasteiger partial charge >= 0.3 is 5.71 Å². The molecule has 0 spiro atoms. The summed E-state index contributed by atoms with van der Waals surface area (Å²) in [6.07, 6.45) is -4.99. The van der Waals surface area contributed by atoms with E-state index >= 15 is 17.6 Å². The summed E-state index contributed by atoms with van der Waals surface area (Å²) >= 11 is 0. The first kappa shape index (κ1) is 38.9. The van der Waals surface area contributed by atoms with E-state index in [0.717, 1.165) is 0 Å². The highest BCUT2D eigenvalue weighted by atomic mass is 31.2. The molecular weight excluding hydrogens is 636 g/mol. The molecule has 0 fully saturated rings. The molecule has 2 rings (SSSR count). The summed E-state index contributed by atoms with van der Waals surface area (Å²) in [6.45, 7) is 16.7. The number of hydrogen-bond acceptors (Lipinski definition) is 2. The second kappa shape index (κ2) is 13.1. The first-order chi connectivity index (χ1) is 20.3. The van der Waals surface area contributed by atoms with E-state index < -0.39 is 110 Å². The normalized spacial score (nSPS) is 13.4. The molecule has 254 valence electrons. The first-order valence-corrected chi connectivity index (χ1v) is 16.4. The van der Waals surface area contributed by atoms with E-state index in [1.807, 2.05) is 0 Å². The van der Waals surface area contributed by atoms with E-state index in [4.69, 9.17) is 4.65 Å². The van der Waals surface area contributed by atoms with Gasteiger partial charge in [0.15, 0.2) is 34.9 Å². The van der Waals surface area contributed by atoms with Crippen LogP contribution in [0.2, 0.25) is 6.32 Å². The van der Waals surface area contributed by atoms with Crippen LogP contribution in [0, 0.1) is 58.2 Å². The molecule has 0 aliphatic rings. The Kier molecular flexibility index (Phi) is 11.3. The van der Waals surface area contributed by atoms with E-state index in [1.54, 1.807) is 69.2 Å². The summed E-state index contributed by atoms with van der Waals surface area (Å²) in [4.78, 5) is 14.8. The van der Waals surface area contributed by atoms with Crippen LogP contribution in [-0.4, -0.2) is 27.5 Å². The van der Waals surface area contributed by atoms with Gasteiger partial charge in [0.2, 0.25) is 6.35 Å². The average Bonchev–Trinajstić information content (AvgIpc) is 2.88. The van der Waals surface area contributed by atoms with E-state index in [1.165, 1.54) is 0 Å². The maximum Gasteiger partial charge on any atom is 0.405 e. The minimum Gasteiger partial charge on any atom is -0.650 e. The van der Waals surface area contributed by atoms with Crippen LogP contribution in [0.5, 0.6) is 0 Å². The van der Waals surface area contributed by atoms with Crippen molar-refractivity contribution in [1.29, 1.82) is 0 Å². The topological polar surface area (TPSA) is 26.3 Å². The van der Waals surface area contributed by atoms with E-state index in [0.29, 0.717) is 12.8 Å². The zero-order chi connectivity index (χ0) is 35.2. The molecule has 0 bridgehead atoms. The molecule has 0 atom stereocenters. The number of carbonyl (C=O) groups is 1. The Hall–Kier alpha value is -2.30. The number of halogens is 10. The van der Waals surface area contributed by atoms with E-state index in [-0.39, 0.29) is 12.8 Å². The standard InChI is InChI=1S/C31H40BF10O2P/c1-11-12-13-14-15-32(16-18(33)22(37)26(41)23(38)19(16)34,17-20(35)24(39)27(42)25(40)21(17)36)44-28(43)45(29(2,3)4,30(5,6)7)31(8,9)10/h11-15H2,1-10H3. The molecule has 0 aromatic heterocycles. The molecule has 2 aromatic rings. The van der Waals surface area contributed by atoms with Crippen molar-refractivity contribution in [2.75, 3.05) is 0 Å². The number of carbonyl (C=O) groups excluding carboxylic acids is 1. The largest absolute Gasteiger partial charge is 0.650 e. The van der Waals surface area contributed by atoms with Gasteiger partial charge < -0.3 is 4.65 Å². The zero-order valence-electron chi connectivity index (χ0n) is 27.2. The minimum atomic E-state index is -4.72. The summed E-state index contributed by atoms with van der Waals surface area (Å²) in [5.74, 6) is -25.9. The van der Waals surface area contributed by atoms with Crippen molar-refractivity contribution in [1.82, 2.24) is 0 Å². The smallest absolute Gasteiger partial charge is 0.405 e. The molecule has 2 aromatic carbocycles. The van der Waals surface area contributed by atoms with Gasteiger partial charge in [-0.2, -0.15) is 0 Å². The lowest BCUT2D eigenvalue weighted by Gasteiger charge is -2.54. The quantitative estimate of drug-likeness (QED) is 0.0660. The predicted molar refractivity (Wildman–Crippen MR) is 159 cm³/mol. The third-order valence-corrected chi connectivity index (χ3v) is 15.2. The molecule has 0 unspecified atom stereocenters. The van der Waals surface area contributed by atoms with Crippen molar-refractivity contribution in [3.8, 4) is 0 Å². The number of hydrogen-bond donors (Lipinski definition) is 0. The van der Waals surface area contributed by atoms with Crippen molar-refractivity contribution in [3.05, 3.63) is 58.2 Å². The maximum atomic E-state index is 15.8. The fraction of sp³-hybridized carbons (Fsp3) is 0.581. The molecule has 0 saturated carbocycles. The van der Waals surface area contributed by atoms with Gasteiger partial charge in [-0.1, -0.05) is 43.5 Å².